The minimum absolute atomic E-state index is 0. The molecule has 1 rings (SSSR count). The van der Waals surface area contributed by atoms with Crippen molar-refractivity contribution in [2.24, 2.45) is 4.99 Å². The summed E-state index contributed by atoms with van der Waals surface area (Å²) in [6.07, 6.45) is 0.887. The van der Waals surface area contributed by atoms with Crippen molar-refractivity contribution in [3.05, 3.63) is 28.2 Å². The maximum Gasteiger partial charge on any atom is 0.243 e. The van der Waals surface area contributed by atoms with Gasteiger partial charge in [0.25, 0.3) is 0 Å². The molecule has 0 unspecified atom stereocenters. The smallest absolute Gasteiger partial charge is 0.243 e. The first kappa shape index (κ1) is 23.1. The Balaban J connectivity index is 0.00000529. The van der Waals surface area contributed by atoms with Crippen LogP contribution in [0.2, 0.25) is 0 Å². The predicted molar refractivity (Wildman–Crippen MR) is 113 cm³/mol. The van der Waals surface area contributed by atoms with Gasteiger partial charge in [0.1, 0.15) is 0 Å². The summed E-state index contributed by atoms with van der Waals surface area (Å²) >= 11 is 3.40. The molecule has 24 heavy (non-hydrogen) atoms. The second-order valence-electron chi connectivity index (χ2n) is 4.91. The number of hydrogen-bond acceptors (Lipinski definition) is 3. The van der Waals surface area contributed by atoms with Gasteiger partial charge in [0.2, 0.25) is 5.91 Å². The lowest BCUT2D eigenvalue weighted by Gasteiger charge is -2.13. The first-order valence-corrected chi connectivity index (χ1v) is 8.44. The molecular formula is C16H26BrIN4O2. The summed E-state index contributed by atoms with van der Waals surface area (Å²) in [5.41, 5.74) is 1.81. The Morgan fingerprint density at radius 2 is 2.08 bits per heavy atom. The van der Waals surface area contributed by atoms with Gasteiger partial charge in [-0.05, 0) is 38.0 Å². The zero-order valence-corrected chi connectivity index (χ0v) is 18.2. The lowest BCUT2D eigenvalue weighted by molar-refractivity contribution is -0.115. The molecule has 136 valence electrons. The molecule has 6 nitrogen and oxygen atoms in total. The third-order valence-corrected chi connectivity index (χ3v) is 3.57. The van der Waals surface area contributed by atoms with E-state index in [0.29, 0.717) is 12.6 Å². The number of ether oxygens (including phenoxy) is 1. The molecule has 3 N–H and O–H groups in total. The van der Waals surface area contributed by atoms with Crippen LogP contribution in [-0.2, 0) is 9.53 Å². The summed E-state index contributed by atoms with van der Waals surface area (Å²) in [6, 6.07) is 5.78. The van der Waals surface area contributed by atoms with Gasteiger partial charge in [0, 0.05) is 37.0 Å². The van der Waals surface area contributed by atoms with Crippen molar-refractivity contribution in [3.8, 4) is 0 Å². The molecule has 0 atom stereocenters. The van der Waals surface area contributed by atoms with E-state index >= 15 is 0 Å². The van der Waals surface area contributed by atoms with Gasteiger partial charge in [-0.2, -0.15) is 0 Å². The van der Waals surface area contributed by atoms with Gasteiger partial charge in [0.05, 0.1) is 6.54 Å². The summed E-state index contributed by atoms with van der Waals surface area (Å²) in [6.45, 7) is 6.25. The van der Waals surface area contributed by atoms with Gasteiger partial charge in [-0.1, -0.05) is 22.0 Å². The van der Waals surface area contributed by atoms with Crippen LogP contribution in [0.5, 0.6) is 0 Å². The average Bonchev–Trinajstić information content (AvgIpc) is 2.53. The van der Waals surface area contributed by atoms with Gasteiger partial charge in [-0.15, -0.1) is 24.0 Å². The maximum absolute atomic E-state index is 12.0. The van der Waals surface area contributed by atoms with Crippen LogP contribution < -0.4 is 16.0 Å². The molecule has 0 bridgehead atoms. The Labute approximate surface area is 169 Å². The van der Waals surface area contributed by atoms with Crippen molar-refractivity contribution in [1.29, 1.82) is 0 Å². The molecule has 1 aromatic rings. The lowest BCUT2D eigenvalue weighted by atomic mass is 10.2. The number of hydrogen-bond donors (Lipinski definition) is 3. The van der Waals surface area contributed by atoms with E-state index in [-0.39, 0.29) is 36.4 Å². The lowest BCUT2D eigenvalue weighted by Crippen LogP contribution is -2.41. The summed E-state index contributed by atoms with van der Waals surface area (Å²) in [5, 5.41) is 9.01. The molecule has 0 radical (unpaired) electrons. The van der Waals surface area contributed by atoms with Crippen molar-refractivity contribution >= 4 is 57.5 Å². The van der Waals surface area contributed by atoms with Crippen molar-refractivity contribution < 1.29 is 9.53 Å². The standard InChI is InChI=1S/C16H25BrN4O2.HI/c1-4-23-9-5-8-19-16(18-3)20-11-15(22)21-14-10-13(17)7-6-12(14)2;/h6-7,10H,4-5,8-9,11H2,1-3H3,(H,21,22)(H2,18,19,20);1H. The van der Waals surface area contributed by atoms with Crippen LogP contribution in [-0.4, -0.2) is 45.2 Å². The molecule has 1 amide bonds. The van der Waals surface area contributed by atoms with Crippen LogP contribution in [0.1, 0.15) is 18.9 Å². The van der Waals surface area contributed by atoms with Crippen LogP contribution in [0.4, 0.5) is 5.69 Å². The molecule has 0 spiro atoms. The number of carbonyl (C=O) groups excluding carboxylic acids is 1. The van der Waals surface area contributed by atoms with Gasteiger partial charge in [-0.25, -0.2) is 0 Å². The number of aryl methyl sites for hydroxylation is 1. The SMILES string of the molecule is CCOCCCNC(=NC)NCC(=O)Nc1cc(Br)ccc1C.I. The number of anilines is 1. The largest absolute Gasteiger partial charge is 0.382 e. The highest BCUT2D eigenvalue weighted by atomic mass is 127. The molecule has 0 heterocycles. The third-order valence-electron chi connectivity index (χ3n) is 3.08. The van der Waals surface area contributed by atoms with Crippen molar-refractivity contribution in [3.63, 3.8) is 0 Å². The van der Waals surface area contributed by atoms with Crippen molar-refractivity contribution in [1.82, 2.24) is 10.6 Å². The van der Waals surface area contributed by atoms with Crippen LogP contribution >= 0.6 is 39.9 Å². The average molecular weight is 513 g/mol. The first-order chi connectivity index (χ1) is 11.1. The highest BCUT2D eigenvalue weighted by Crippen LogP contribution is 2.20. The van der Waals surface area contributed by atoms with E-state index in [1.54, 1.807) is 7.05 Å². The Kier molecular flexibility index (Phi) is 12.9. The molecule has 0 aliphatic heterocycles. The second kappa shape index (κ2) is 13.4. The number of rotatable bonds is 8. The van der Waals surface area contributed by atoms with Crippen LogP contribution in [0.15, 0.2) is 27.7 Å². The predicted octanol–water partition coefficient (Wildman–Crippen LogP) is 2.91. The number of carbonyl (C=O) groups is 1. The topological polar surface area (TPSA) is 74.8 Å². The van der Waals surface area contributed by atoms with Gasteiger partial charge in [-0.3, -0.25) is 9.79 Å². The molecule has 0 saturated carbocycles. The van der Waals surface area contributed by atoms with E-state index in [4.69, 9.17) is 4.74 Å². The summed E-state index contributed by atoms with van der Waals surface area (Å²) in [5.74, 6) is 0.478. The molecule has 0 fully saturated rings. The number of aliphatic imine (C=N–C) groups is 1. The molecule has 0 saturated heterocycles. The van der Waals surface area contributed by atoms with Gasteiger partial charge >= 0.3 is 0 Å². The number of nitrogens with zero attached hydrogens (tertiary/aromatic N) is 1. The zero-order valence-electron chi connectivity index (χ0n) is 14.3. The number of amides is 1. The minimum Gasteiger partial charge on any atom is -0.382 e. The van der Waals surface area contributed by atoms with Gasteiger partial charge in [0.15, 0.2) is 5.96 Å². The van der Waals surface area contributed by atoms with Crippen molar-refractivity contribution in [2.75, 3.05) is 38.7 Å². The van der Waals surface area contributed by atoms with E-state index in [9.17, 15) is 4.79 Å². The molecule has 0 aromatic heterocycles. The summed E-state index contributed by atoms with van der Waals surface area (Å²) in [4.78, 5) is 16.1. The van der Waals surface area contributed by atoms with E-state index in [1.807, 2.05) is 32.0 Å². The normalized spacial score (nSPS) is 10.8. The number of nitrogens with one attached hydrogen (secondary N) is 3. The fraction of sp³-hybridized carbons (Fsp3) is 0.500. The Bertz CT molecular complexity index is 541. The number of guanidine groups is 1. The first-order valence-electron chi connectivity index (χ1n) is 7.65. The fourth-order valence-corrected chi connectivity index (χ4v) is 2.19. The molecule has 8 heteroatoms. The Hall–Kier alpha value is -0.870. The molecule has 0 aliphatic carbocycles. The van der Waals surface area contributed by atoms with Crippen molar-refractivity contribution in [2.45, 2.75) is 20.3 Å². The number of halogens is 2. The van der Waals surface area contributed by atoms with Crippen LogP contribution in [0.3, 0.4) is 0 Å². The third kappa shape index (κ3) is 9.43. The number of benzene rings is 1. The molecular weight excluding hydrogens is 487 g/mol. The maximum atomic E-state index is 12.0. The highest BCUT2D eigenvalue weighted by Gasteiger charge is 2.06. The van der Waals surface area contributed by atoms with E-state index in [2.05, 4.69) is 36.9 Å². The van der Waals surface area contributed by atoms with Crippen LogP contribution in [0.25, 0.3) is 0 Å². The van der Waals surface area contributed by atoms with E-state index in [0.717, 1.165) is 35.3 Å². The summed E-state index contributed by atoms with van der Waals surface area (Å²) < 4.78 is 6.19. The quantitative estimate of drug-likeness (QED) is 0.217. The zero-order chi connectivity index (χ0) is 17.1. The minimum atomic E-state index is -0.122. The van der Waals surface area contributed by atoms with Crippen LogP contribution in [0, 0.1) is 6.92 Å². The molecule has 1 aromatic carbocycles. The van der Waals surface area contributed by atoms with E-state index < -0.39 is 0 Å². The van der Waals surface area contributed by atoms with E-state index in [1.165, 1.54) is 0 Å². The summed E-state index contributed by atoms with van der Waals surface area (Å²) in [7, 11) is 1.67. The Morgan fingerprint density at radius 3 is 2.75 bits per heavy atom. The van der Waals surface area contributed by atoms with Gasteiger partial charge < -0.3 is 20.7 Å². The Morgan fingerprint density at radius 1 is 1.33 bits per heavy atom. The fourth-order valence-electron chi connectivity index (χ4n) is 1.83. The second-order valence-corrected chi connectivity index (χ2v) is 5.83. The monoisotopic (exact) mass is 512 g/mol. The highest BCUT2D eigenvalue weighted by molar-refractivity contribution is 14.0. The molecule has 0 aliphatic rings.